The largest absolute Gasteiger partial charge is 0.549 e. The van der Waals surface area contributed by atoms with Crippen molar-refractivity contribution >= 4 is 5.97 Å². The standard InChI is InChI=1S/C15H24O4/c1-2-3-4-5-6-7-10-15(19)11-8-9-12(16)13(15)14(17)18/h8-9,11,13,16,19H,2-7,10H2,1H3,(H,17,18)/p-1. The van der Waals surface area contributed by atoms with Gasteiger partial charge >= 0.3 is 0 Å². The SMILES string of the molecule is CCCCCCCCC1(O)C=CC=C(O)C1C(=O)[O-]. The number of aliphatic hydroxyl groups excluding tert-OH is 1. The summed E-state index contributed by atoms with van der Waals surface area (Å²) in [6.45, 7) is 2.15. The minimum absolute atomic E-state index is 0.326. The van der Waals surface area contributed by atoms with Crippen molar-refractivity contribution in [2.75, 3.05) is 0 Å². The Balaban J connectivity index is 2.47. The van der Waals surface area contributed by atoms with Crippen LogP contribution in [0.15, 0.2) is 24.0 Å². The van der Waals surface area contributed by atoms with Crippen LogP contribution in [0.4, 0.5) is 0 Å². The molecule has 2 N–H and O–H groups in total. The number of allylic oxidation sites excluding steroid dienone is 2. The summed E-state index contributed by atoms with van der Waals surface area (Å²) in [6, 6.07) is 0. The number of hydrogen-bond acceptors (Lipinski definition) is 4. The summed E-state index contributed by atoms with van der Waals surface area (Å²) in [5.41, 5.74) is -1.53. The Kier molecular flexibility index (Phi) is 6.09. The van der Waals surface area contributed by atoms with Crippen molar-refractivity contribution in [2.45, 2.75) is 57.5 Å². The third-order valence-corrected chi connectivity index (χ3v) is 3.61. The van der Waals surface area contributed by atoms with Gasteiger partial charge < -0.3 is 20.1 Å². The van der Waals surface area contributed by atoms with Crippen LogP contribution in [0.25, 0.3) is 0 Å². The lowest BCUT2D eigenvalue weighted by Gasteiger charge is -2.36. The lowest BCUT2D eigenvalue weighted by atomic mass is 9.79. The molecule has 0 amide bonds. The van der Waals surface area contributed by atoms with Crippen LogP contribution in [0.5, 0.6) is 0 Å². The number of carboxylic acid groups (broad SMARTS) is 1. The summed E-state index contributed by atoms with van der Waals surface area (Å²) >= 11 is 0. The average Bonchev–Trinajstić information content (AvgIpc) is 2.33. The summed E-state index contributed by atoms with van der Waals surface area (Å²) in [6.07, 6.45) is 10.9. The van der Waals surface area contributed by atoms with Gasteiger partial charge in [-0.25, -0.2) is 0 Å². The van der Waals surface area contributed by atoms with E-state index >= 15 is 0 Å². The third kappa shape index (κ3) is 4.39. The molecule has 0 heterocycles. The molecule has 4 nitrogen and oxygen atoms in total. The highest BCUT2D eigenvalue weighted by atomic mass is 16.4. The van der Waals surface area contributed by atoms with Gasteiger partial charge in [0.05, 0.1) is 17.5 Å². The number of carbonyl (C=O) groups excluding carboxylic acids is 1. The Morgan fingerprint density at radius 2 is 1.95 bits per heavy atom. The highest BCUT2D eigenvalue weighted by Crippen LogP contribution is 2.33. The van der Waals surface area contributed by atoms with Gasteiger partial charge in [-0.05, 0) is 12.5 Å². The van der Waals surface area contributed by atoms with Crippen molar-refractivity contribution < 1.29 is 20.1 Å². The van der Waals surface area contributed by atoms with E-state index in [-0.39, 0.29) is 5.76 Å². The lowest BCUT2D eigenvalue weighted by molar-refractivity contribution is -0.315. The first-order valence-corrected chi connectivity index (χ1v) is 7.03. The van der Waals surface area contributed by atoms with Crippen LogP contribution in [0.2, 0.25) is 0 Å². The highest BCUT2D eigenvalue weighted by Gasteiger charge is 2.39. The van der Waals surface area contributed by atoms with Crippen LogP contribution in [0, 0.1) is 5.92 Å². The van der Waals surface area contributed by atoms with Gasteiger partial charge in [-0.15, -0.1) is 0 Å². The molecule has 0 aromatic carbocycles. The second-order valence-corrected chi connectivity index (χ2v) is 5.21. The first kappa shape index (κ1) is 15.8. The molecule has 0 aromatic rings. The number of aliphatic hydroxyl groups is 2. The highest BCUT2D eigenvalue weighted by molar-refractivity contribution is 5.73. The van der Waals surface area contributed by atoms with Gasteiger partial charge in [0, 0.05) is 0 Å². The molecule has 0 radical (unpaired) electrons. The van der Waals surface area contributed by atoms with Crippen LogP contribution in [-0.4, -0.2) is 21.8 Å². The lowest BCUT2D eigenvalue weighted by Crippen LogP contribution is -2.48. The molecule has 0 aromatic heterocycles. The van der Waals surface area contributed by atoms with E-state index in [9.17, 15) is 20.1 Å². The van der Waals surface area contributed by atoms with Gasteiger partial charge in [-0.2, -0.15) is 0 Å². The maximum atomic E-state index is 11.0. The van der Waals surface area contributed by atoms with Gasteiger partial charge in [0.25, 0.3) is 0 Å². The summed E-state index contributed by atoms with van der Waals surface area (Å²) in [5.74, 6) is -3.13. The monoisotopic (exact) mass is 267 g/mol. The number of carbonyl (C=O) groups is 1. The fourth-order valence-corrected chi connectivity index (χ4v) is 2.50. The third-order valence-electron chi connectivity index (χ3n) is 3.61. The number of carboxylic acids is 1. The van der Waals surface area contributed by atoms with E-state index in [0.717, 1.165) is 19.3 Å². The van der Waals surface area contributed by atoms with Crippen LogP contribution < -0.4 is 5.11 Å². The predicted octanol–water partition coefficient (Wildman–Crippen LogP) is 1.85. The van der Waals surface area contributed by atoms with Gasteiger partial charge in [0.2, 0.25) is 0 Å². The number of rotatable bonds is 8. The van der Waals surface area contributed by atoms with E-state index in [1.807, 2.05) is 0 Å². The second kappa shape index (κ2) is 7.34. The number of hydrogen-bond donors (Lipinski definition) is 2. The van der Waals surface area contributed by atoms with Crippen LogP contribution in [-0.2, 0) is 4.79 Å². The van der Waals surface area contributed by atoms with Crippen molar-refractivity contribution in [1.29, 1.82) is 0 Å². The minimum atomic E-state index is -1.53. The zero-order chi connectivity index (χ0) is 14.3. The molecule has 1 aliphatic rings. The van der Waals surface area contributed by atoms with Crippen LogP contribution in [0.3, 0.4) is 0 Å². The zero-order valence-corrected chi connectivity index (χ0v) is 11.5. The summed E-state index contributed by atoms with van der Waals surface area (Å²) in [5, 5.41) is 31.0. The quantitative estimate of drug-likeness (QED) is 0.658. The van der Waals surface area contributed by atoms with E-state index in [0.29, 0.717) is 6.42 Å². The van der Waals surface area contributed by atoms with Crippen molar-refractivity contribution in [2.24, 2.45) is 5.92 Å². The smallest absolute Gasteiger partial charge is 0.104 e. The molecule has 0 fully saturated rings. The molecule has 0 spiro atoms. The maximum Gasteiger partial charge on any atom is 0.104 e. The molecule has 0 aliphatic heterocycles. The molecule has 2 atom stereocenters. The zero-order valence-electron chi connectivity index (χ0n) is 11.5. The molecule has 108 valence electrons. The van der Waals surface area contributed by atoms with E-state index in [1.54, 1.807) is 0 Å². The van der Waals surface area contributed by atoms with Gasteiger partial charge in [-0.1, -0.05) is 57.6 Å². The Bertz CT molecular complexity index is 359. The summed E-state index contributed by atoms with van der Waals surface area (Å²) < 4.78 is 0. The average molecular weight is 267 g/mol. The van der Waals surface area contributed by atoms with Gasteiger partial charge in [-0.3, -0.25) is 0 Å². The van der Waals surface area contributed by atoms with Crippen LogP contribution >= 0.6 is 0 Å². The van der Waals surface area contributed by atoms with Crippen molar-refractivity contribution in [1.82, 2.24) is 0 Å². The number of aliphatic carboxylic acids is 1. The molecule has 2 unspecified atom stereocenters. The van der Waals surface area contributed by atoms with Gasteiger partial charge in [0.1, 0.15) is 5.76 Å². The molecular weight excluding hydrogens is 244 g/mol. The van der Waals surface area contributed by atoms with Crippen LogP contribution in [0.1, 0.15) is 51.9 Å². The predicted molar refractivity (Wildman–Crippen MR) is 71.3 cm³/mol. The Labute approximate surface area is 114 Å². The molecule has 0 saturated carbocycles. The second-order valence-electron chi connectivity index (χ2n) is 5.21. The molecule has 4 heteroatoms. The first-order valence-electron chi connectivity index (χ1n) is 7.03. The topological polar surface area (TPSA) is 80.6 Å². The Hall–Kier alpha value is -1.29. The summed E-state index contributed by atoms with van der Waals surface area (Å²) in [7, 11) is 0. The van der Waals surface area contributed by atoms with E-state index < -0.39 is 17.5 Å². The molecular formula is C15H23O4-. The van der Waals surface area contributed by atoms with Crippen molar-refractivity contribution in [3.05, 3.63) is 24.0 Å². The first-order chi connectivity index (χ1) is 9.01. The fourth-order valence-electron chi connectivity index (χ4n) is 2.50. The maximum absolute atomic E-state index is 11.0. The fraction of sp³-hybridized carbons (Fsp3) is 0.667. The van der Waals surface area contributed by atoms with Crippen molar-refractivity contribution in [3.8, 4) is 0 Å². The molecule has 19 heavy (non-hydrogen) atoms. The molecule has 1 rings (SSSR count). The van der Waals surface area contributed by atoms with Gasteiger partial charge in [0.15, 0.2) is 0 Å². The Morgan fingerprint density at radius 3 is 2.58 bits per heavy atom. The number of unbranched alkanes of at least 4 members (excludes halogenated alkanes) is 5. The van der Waals surface area contributed by atoms with E-state index in [4.69, 9.17) is 0 Å². The van der Waals surface area contributed by atoms with E-state index in [1.165, 1.54) is 37.5 Å². The van der Waals surface area contributed by atoms with Crippen molar-refractivity contribution in [3.63, 3.8) is 0 Å². The Morgan fingerprint density at radius 1 is 1.32 bits per heavy atom. The molecule has 1 aliphatic carbocycles. The minimum Gasteiger partial charge on any atom is -0.549 e. The van der Waals surface area contributed by atoms with E-state index in [2.05, 4.69) is 6.92 Å². The molecule has 0 bridgehead atoms. The molecule has 0 saturated heterocycles. The summed E-state index contributed by atoms with van der Waals surface area (Å²) in [4.78, 5) is 11.0. The normalized spacial score (nSPS) is 26.2.